The van der Waals surface area contributed by atoms with Crippen LogP contribution in [0.5, 0.6) is 10.9 Å². The van der Waals surface area contributed by atoms with E-state index in [4.69, 9.17) is 9.47 Å². The summed E-state index contributed by atoms with van der Waals surface area (Å²) in [6.45, 7) is 6.75. The lowest BCUT2D eigenvalue weighted by atomic mass is 9.89. The van der Waals surface area contributed by atoms with Crippen molar-refractivity contribution in [3.63, 3.8) is 0 Å². The Morgan fingerprint density at radius 1 is 1.14 bits per heavy atom. The van der Waals surface area contributed by atoms with E-state index >= 15 is 0 Å². The molecule has 0 unspecified atom stereocenters. The topological polar surface area (TPSA) is 64.5 Å². The standard InChI is InChI=1S/C19H22F3N3O3S/c1-18(2,3)28-17(26)25-10-8-13(9-11-25)12-4-6-14(7-5-12)27-16-23-15(24-29-16)19(20,21)22/h4-7,13H,8-11H2,1-3H3. The normalized spacial score (nSPS) is 16.0. The smallest absolute Gasteiger partial charge is 0.444 e. The maximum Gasteiger partial charge on any atom is 0.452 e. The highest BCUT2D eigenvalue weighted by atomic mass is 32.1. The zero-order valence-corrected chi connectivity index (χ0v) is 17.1. The summed E-state index contributed by atoms with van der Waals surface area (Å²) in [4.78, 5) is 17.2. The third kappa shape index (κ3) is 5.81. The van der Waals surface area contributed by atoms with Gasteiger partial charge in [-0.3, -0.25) is 0 Å². The van der Waals surface area contributed by atoms with E-state index < -0.39 is 17.6 Å². The third-order valence-corrected chi connectivity index (χ3v) is 4.96. The molecule has 29 heavy (non-hydrogen) atoms. The van der Waals surface area contributed by atoms with E-state index in [-0.39, 0.29) is 11.3 Å². The Bertz CT molecular complexity index is 839. The molecule has 1 fully saturated rings. The molecule has 1 aromatic heterocycles. The molecule has 0 bridgehead atoms. The molecule has 0 atom stereocenters. The van der Waals surface area contributed by atoms with Crippen molar-refractivity contribution in [2.45, 2.75) is 51.3 Å². The Balaban J connectivity index is 1.55. The fourth-order valence-electron chi connectivity index (χ4n) is 3.00. The lowest BCUT2D eigenvalue weighted by Gasteiger charge is -2.33. The second-order valence-corrected chi connectivity index (χ2v) is 8.51. The second kappa shape index (κ2) is 8.17. The van der Waals surface area contributed by atoms with Crippen LogP contribution >= 0.6 is 11.5 Å². The Morgan fingerprint density at radius 2 is 1.76 bits per heavy atom. The van der Waals surface area contributed by atoms with Crippen LogP contribution < -0.4 is 4.74 Å². The lowest BCUT2D eigenvalue weighted by Crippen LogP contribution is -2.41. The molecular weight excluding hydrogens is 407 g/mol. The fraction of sp³-hybridized carbons (Fsp3) is 0.526. The van der Waals surface area contributed by atoms with E-state index in [9.17, 15) is 18.0 Å². The number of benzene rings is 1. The van der Waals surface area contributed by atoms with E-state index in [1.54, 1.807) is 17.0 Å². The summed E-state index contributed by atoms with van der Waals surface area (Å²) >= 11 is 0.558. The highest BCUT2D eigenvalue weighted by Gasteiger charge is 2.36. The predicted molar refractivity (Wildman–Crippen MR) is 101 cm³/mol. The van der Waals surface area contributed by atoms with Crippen LogP contribution in [0.3, 0.4) is 0 Å². The summed E-state index contributed by atoms with van der Waals surface area (Å²) in [6, 6.07) is 7.16. The number of amides is 1. The molecule has 0 spiro atoms. The molecule has 2 aromatic rings. The minimum Gasteiger partial charge on any atom is -0.444 e. The number of hydrogen-bond acceptors (Lipinski definition) is 6. The molecule has 6 nitrogen and oxygen atoms in total. The van der Waals surface area contributed by atoms with Crippen LogP contribution in [0.25, 0.3) is 0 Å². The van der Waals surface area contributed by atoms with Gasteiger partial charge in [0.15, 0.2) is 0 Å². The molecule has 1 aromatic carbocycles. The first kappa shape index (κ1) is 21.4. The van der Waals surface area contributed by atoms with E-state index in [0.717, 1.165) is 18.4 Å². The van der Waals surface area contributed by atoms with Crippen molar-refractivity contribution in [1.82, 2.24) is 14.3 Å². The number of carbonyl (C=O) groups excluding carboxylic acids is 1. The molecular formula is C19H22F3N3O3S. The van der Waals surface area contributed by atoms with E-state index in [2.05, 4.69) is 9.36 Å². The van der Waals surface area contributed by atoms with Crippen LogP contribution in [-0.2, 0) is 10.9 Å². The lowest BCUT2D eigenvalue weighted by molar-refractivity contribution is -0.144. The number of hydrogen-bond donors (Lipinski definition) is 0. The van der Waals surface area contributed by atoms with Gasteiger partial charge in [0.2, 0.25) is 0 Å². The Hall–Kier alpha value is -2.36. The summed E-state index contributed by atoms with van der Waals surface area (Å²) in [5, 5.41) is -0.157. The van der Waals surface area contributed by atoms with Crippen molar-refractivity contribution in [2.75, 3.05) is 13.1 Å². The van der Waals surface area contributed by atoms with Gasteiger partial charge >= 0.3 is 12.3 Å². The van der Waals surface area contributed by atoms with Gasteiger partial charge in [0.1, 0.15) is 11.4 Å². The Morgan fingerprint density at radius 3 is 2.28 bits per heavy atom. The molecule has 0 saturated carbocycles. The van der Waals surface area contributed by atoms with Crippen LogP contribution in [0.1, 0.15) is 50.9 Å². The van der Waals surface area contributed by atoms with Crippen LogP contribution in [0, 0.1) is 0 Å². The number of likely N-dealkylation sites (tertiary alicyclic amines) is 1. The Kier molecular flexibility index (Phi) is 6.02. The van der Waals surface area contributed by atoms with Gasteiger partial charge in [0.05, 0.1) is 0 Å². The van der Waals surface area contributed by atoms with Gasteiger partial charge in [0.25, 0.3) is 11.0 Å². The Labute approximate surface area is 170 Å². The SMILES string of the molecule is CC(C)(C)OC(=O)N1CCC(c2ccc(Oc3nc(C(F)(F)F)ns3)cc2)CC1. The van der Waals surface area contributed by atoms with Crippen molar-refractivity contribution < 1.29 is 27.4 Å². The van der Waals surface area contributed by atoms with Gasteiger partial charge < -0.3 is 14.4 Å². The number of nitrogens with zero attached hydrogens (tertiary/aromatic N) is 3. The molecule has 1 aliphatic heterocycles. The first-order valence-corrected chi connectivity index (χ1v) is 9.95. The average Bonchev–Trinajstić information content (AvgIpc) is 3.10. The minimum absolute atomic E-state index is 0.157. The molecule has 1 saturated heterocycles. The highest BCUT2D eigenvalue weighted by molar-refractivity contribution is 7.07. The minimum atomic E-state index is -4.59. The molecule has 10 heteroatoms. The zero-order chi connectivity index (χ0) is 21.2. The van der Waals surface area contributed by atoms with Crippen LogP contribution in [0.4, 0.5) is 18.0 Å². The van der Waals surface area contributed by atoms with Crippen molar-refractivity contribution in [3.8, 4) is 10.9 Å². The van der Waals surface area contributed by atoms with Gasteiger partial charge in [-0.05, 0) is 57.2 Å². The summed E-state index contributed by atoms with van der Waals surface area (Å²) in [5.41, 5.74) is 0.576. The molecule has 158 valence electrons. The number of halogens is 3. The predicted octanol–water partition coefficient (Wildman–Crippen LogP) is 5.46. The third-order valence-electron chi connectivity index (χ3n) is 4.36. The number of carbonyl (C=O) groups is 1. The molecule has 3 rings (SSSR count). The van der Waals surface area contributed by atoms with E-state index in [1.165, 1.54) is 0 Å². The van der Waals surface area contributed by atoms with Crippen molar-refractivity contribution in [3.05, 3.63) is 35.7 Å². The van der Waals surface area contributed by atoms with Crippen molar-refractivity contribution in [1.29, 1.82) is 0 Å². The van der Waals surface area contributed by atoms with Crippen molar-refractivity contribution in [2.24, 2.45) is 0 Å². The quantitative estimate of drug-likeness (QED) is 0.648. The first-order chi connectivity index (χ1) is 13.5. The van der Waals surface area contributed by atoms with E-state index in [0.29, 0.717) is 36.3 Å². The van der Waals surface area contributed by atoms with Crippen LogP contribution in [-0.4, -0.2) is 39.0 Å². The van der Waals surface area contributed by atoms with Crippen molar-refractivity contribution >= 4 is 17.6 Å². The summed E-state index contributed by atoms with van der Waals surface area (Å²) in [7, 11) is 0. The fourth-order valence-corrected chi connectivity index (χ4v) is 3.57. The summed E-state index contributed by atoms with van der Waals surface area (Å²) < 4.78 is 51.7. The van der Waals surface area contributed by atoms with Crippen LogP contribution in [0.15, 0.2) is 24.3 Å². The first-order valence-electron chi connectivity index (χ1n) is 9.18. The number of rotatable bonds is 3. The van der Waals surface area contributed by atoms with E-state index in [1.807, 2.05) is 32.9 Å². The number of ether oxygens (including phenoxy) is 2. The van der Waals surface area contributed by atoms with Gasteiger partial charge in [0, 0.05) is 24.6 Å². The number of alkyl halides is 3. The largest absolute Gasteiger partial charge is 0.452 e. The van der Waals surface area contributed by atoms with Gasteiger partial charge in [-0.25, -0.2) is 4.79 Å². The molecule has 1 amide bonds. The highest BCUT2D eigenvalue weighted by Crippen LogP contribution is 2.33. The molecule has 0 radical (unpaired) electrons. The maximum absolute atomic E-state index is 12.6. The maximum atomic E-state index is 12.6. The van der Waals surface area contributed by atoms with Gasteiger partial charge in [-0.1, -0.05) is 12.1 Å². The molecule has 0 N–H and O–H groups in total. The van der Waals surface area contributed by atoms with Crippen LogP contribution in [0.2, 0.25) is 0 Å². The zero-order valence-electron chi connectivity index (χ0n) is 16.3. The van der Waals surface area contributed by atoms with Gasteiger partial charge in [-0.2, -0.15) is 22.5 Å². The molecule has 0 aliphatic carbocycles. The van der Waals surface area contributed by atoms with Gasteiger partial charge in [-0.15, -0.1) is 0 Å². The summed E-state index contributed by atoms with van der Waals surface area (Å²) in [5.74, 6) is -0.517. The molecule has 2 heterocycles. The molecule has 1 aliphatic rings. The number of piperidine rings is 1. The average molecular weight is 429 g/mol. The summed E-state index contributed by atoms with van der Waals surface area (Å²) in [6.07, 6.45) is -3.26. The second-order valence-electron chi connectivity index (χ2n) is 7.79. The monoisotopic (exact) mass is 429 g/mol. The number of aromatic nitrogens is 2.